The summed E-state index contributed by atoms with van der Waals surface area (Å²) in [7, 11) is 0. The van der Waals surface area contributed by atoms with Crippen LogP contribution in [-0.2, 0) is 6.18 Å². The second-order valence-electron chi connectivity index (χ2n) is 6.39. The number of alkyl halides is 3. The fourth-order valence-corrected chi connectivity index (χ4v) is 3.33. The average molecular weight is 486 g/mol. The molecule has 0 radical (unpaired) electrons. The monoisotopic (exact) mass is 484 g/mol. The summed E-state index contributed by atoms with van der Waals surface area (Å²) in [6.07, 6.45) is -4.78. The van der Waals surface area contributed by atoms with Crippen LogP contribution in [0.25, 0.3) is 16.9 Å². The third-order valence-corrected chi connectivity index (χ3v) is 5.13. The highest BCUT2D eigenvalue weighted by molar-refractivity contribution is 6.37. The summed E-state index contributed by atoms with van der Waals surface area (Å²) >= 11 is 17.9. The van der Waals surface area contributed by atoms with Gasteiger partial charge < -0.3 is 5.32 Å². The molecule has 0 fully saturated rings. The van der Waals surface area contributed by atoms with Gasteiger partial charge in [0.15, 0.2) is 17.0 Å². The van der Waals surface area contributed by atoms with Crippen molar-refractivity contribution in [1.82, 2.24) is 14.6 Å². The molecule has 0 spiro atoms. The molecule has 0 bridgehead atoms. The van der Waals surface area contributed by atoms with Crippen LogP contribution in [0.3, 0.4) is 0 Å². The lowest BCUT2D eigenvalue weighted by Crippen LogP contribution is -2.15. The lowest BCUT2D eigenvalue weighted by Gasteiger charge is -2.11. The second kappa shape index (κ2) is 8.03. The zero-order valence-corrected chi connectivity index (χ0v) is 17.5. The fourth-order valence-electron chi connectivity index (χ4n) is 2.83. The maximum atomic E-state index is 13.7. The highest BCUT2D eigenvalue weighted by Gasteiger charge is 2.36. The van der Waals surface area contributed by atoms with Crippen molar-refractivity contribution in [2.45, 2.75) is 6.18 Å². The number of aromatic nitrogens is 3. The quantitative estimate of drug-likeness (QED) is 0.354. The van der Waals surface area contributed by atoms with Crippen molar-refractivity contribution in [3.05, 3.63) is 81.1 Å². The van der Waals surface area contributed by atoms with Crippen LogP contribution in [0.2, 0.25) is 15.1 Å². The van der Waals surface area contributed by atoms with Crippen molar-refractivity contribution in [2.75, 3.05) is 5.32 Å². The average Bonchev–Trinajstić information content (AvgIpc) is 3.05. The van der Waals surface area contributed by atoms with Gasteiger partial charge in [-0.1, -0.05) is 46.9 Å². The van der Waals surface area contributed by atoms with Crippen LogP contribution < -0.4 is 5.32 Å². The van der Waals surface area contributed by atoms with Gasteiger partial charge in [-0.3, -0.25) is 4.79 Å². The van der Waals surface area contributed by atoms with Gasteiger partial charge in [0.25, 0.3) is 5.91 Å². The number of hydrogen-bond acceptors (Lipinski definition) is 3. The first kappa shape index (κ1) is 21.4. The Hall–Kier alpha value is -2.81. The molecule has 31 heavy (non-hydrogen) atoms. The Morgan fingerprint density at radius 2 is 1.52 bits per heavy atom. The number of rotatable bonds is 3. The van der Waals surface area contributed by atoms with Gasteiger partial charge in [-0.05, 0) is 42.5 Å². The maximum Gasteiger partial charge on any atom is 0.433 e. The van der Waals surface area contributed by atoms with Crippen LogP contribution in [0.4, 0.5) is 18.9 Å². The lowest BCUT2D eigenvalue weighted by molar-refractivity contribution is -0.142. The number of hydrogen-bond donors (Lipinski definition) is 1. The molecule has 0 unspecified atom stereocenters. The van der Waals surface area contributed by atoms with Crippen molar-refractivity contribution in [3.63, 3.8) is 0 Å². The van der Waals surface area contributed by atoms with E-state index in [1.54, 1.807) is 12.1 Å². The van der Waals surface area contributed by atoms with E-state index in [0.717, 1.165) is 6.07 Å². The van der Waals surface area contributed by atoms with Gasteiger partial charge in [-0.25, -0.2) is 9.50 Å². The molecule has 158 valence electrons. The third-order valence-electron chi connectivity index (χ3n) is 4.28. The van der Waals surface area contributed by atoms with E-state index in [-0.39, 0.29) is 16.4 Å². The summed E-state index contributed by atoms with van der Waals surface area (Å²) in [6, 6.07) is 13.1. The molecule has 1 amide bonds. The maximum absolute atomic E-state index is 13.7. The number of fused-ring (bicyclic) bond motifs is 1. The van der Waals surface area contributed by atoms with Gasteiger partial charge >= 0.3 is 6.18 Å². The van der Waals surface area contributed by atoms with E-state index in [0.29, 0.717) is 25.8 Å². The number of halogens is 6. The molecule has 4 aromatic rings. The minimum absolute atomic E-state index is 0.00273. The van der Waals surface area contributed by atoms with E-state index in [4.69, 9.17) is 34.8 Å². The predicted molar refractivity (Wildman–Crippen MR) is 113 cm³/mol. The molecule has 11 heteroatoms. The SMILES string of the molecule is O=C(Nc1ccc(Cl)cc1)c1nn2c(C(F)(F)F)cc(-c3ccc(Cl)cc3)nc2c1Cl. The molecule has 2 aromatic carbocycles. The highest BCUT2D eigenvalue weighted by Crippen LogP contribution is 2.35. The summed E-state index contributed by atoms with van der Waals surface area (Å²) in [5.74, 6) is -0.793. The Morgan fingerprint density at radius 1 is 0.935 bits per heavy atom. The van der Waals surface area contributed by atoms with Gasteiger partial charge in [0.05, 0.1) is 5.69 Å². The Labute approximate surface area is 188 Å². The summed E-state index contributed by atoms with van der Waals surface area (Å²) in [6.45, 7) is 0. The second-order valence-corrected chi connectivity index (χ2v) is 7.64. The Balaban J connectivity index is 1.83. The third kappa shape index (κ3) is 4.32. The summed E-state index contributed by atoms with van der Waals surface area (Å²) in [5.41, 5.74) is -1.07. The van der Waals surface area contributed by atoms with Gasteiger partial charge in [0.1, 0.15) is 5.02 Å². The highest BCUT2D eigenvalue weighted by atomic mass is 35.5. The van der Waals surface area contributed by atoms with Crippen LogP contribution in [-0.4, -0.2) is 20.5 Å². The van der Waals surface area contributed by atoms with Crippen molar-refractivity contribution in [2.24, 2.45) is 0 Å². The summed E-state index contributed by atoms with van der Waals surface area (Å²) < 4.78 is 41.7. The van der Waals surface area contributed by atoms with E-state index in [2.05, 4.69) is 15.4 Å². The minimum Gasteiger partial charge on any atom is -0.321 e. The molecule has 5 nitrogen and oxygen atoms in total. The topological polar surface area (TPSA) is 59.3 Å². The fraction of sp³-hybridized carbons (Fsp3) is 0.0500. The molecule has 2 aromatic heterocycles. The van der Waals surface area contributed by atoms with Gasteiger partial charge in [-0.15, -0.1) is 0 Å². The molecular weight excluding hydrogens is 476 g/mol. The summed E-state index contributed by atoms with van der Waals surface area (Å²) in [5, 5.41) is 6.87. The van der Waals surface area contributed by atoms with Gasteiger partial charge in [0, 0.05) is 21.3 Å². The molecule has 1 N–H and O–H groups in total. The number of anilines is 1. The van der Waals surface area contributed by atoms with Crippen molar-refractivity contribution in [3.8, 4) is 11.3 Å². The van der Waals surface area contributed by atoms with Gasteiger partial charge in [-0.2, -0.15) is 18.3 Å². The number of nitrogens with one attached hydrogen (secondary N) is 1. The number of benzene rings is 2. The number of amides is 1. The van der Waals surface area contributed by atoms with E-state index in [1.807, 2.05) is 0 Å². The molecular formula is C20H10Cl3F3N4O. The Bertz CT molecular complexity index is 1290. The molecule has 0 saturated carbocycles. The number of carbonyl (C=O) groups is 1. The lowest BCUT2D eigenvalue weighted by atomic mass is 10.1. The molecule has 0 aliphatic heterocycles. The molecule has 0 aliphatic carbocycles. The zero-order chi connectivity index (χ0) is 22.3. The van der Waals surface area contributed by atoms with Gasteiger partial charge in [0.2, 0.25) is 0 Å². The normalized spacial score (nSPS) is 11.7. The Kier molecular flexibility index (Phi) is 5.55. The first-order valence-corrected chi connectivity index (χ1v) is 9.76. The smallest absolute Gasteiger partial charge is 0.321 e. The van der Waals surface area contributed by atoms with E-state index < -0.39 is 23.5 Å². The minimum atomic E-state index is -4.78. The first-order valence-electron chi connectivity index (χ1n) is 8.63. The summed E-state index contributed by atoms with van der Waals surface area (Å²) in [4.78, 5) is 16.8. The van der Waals surface area contributed by atoms with Crippen LogP contribution in [0.1, 0.15) is 16.2 Å². The van der Waals surface area contributed by atoms with Crippen molar-refractivity contribution < 1.29 is 18.0 Å². The zero-order valence-electron chi connectivity index (χ0n) is 15.2. The van der Waals surface area contributed by atoms with E-state index >= 15 is 0 Å². The first-order chi connectivity index (χ1) is 14.6. The van der Waals surface area contributed by atoms with Crippen LogP contribution in [0.15, 0.2) is 54.6 Å². The molecule has 0 aliphatic rings. The molecule has 2 heterocycles. The standard InChI is InChI=1S/C20H10Cl3F3N4O/c21-11-3-1-10(2-4-11)14-9-15(20(24,25)26)30-18(28-14)16(23)17(29-30)19(31)27-13-7-5-12(22)6-8-13/h1-9H,(H,27,31). The number of carbonyl (C=O) groups excluding carboxylic acids is 1. The van der Waals surface area contributed by atoms with E-state index in [9.17, 15) is 18.0 Å². The molecule has 0 atom stereocenters. The molecule has 4 rings (SSSR count). The van der Waals surface area contributed by atoms with Crippen molar-refractivity contribution in [1.29, 1.82) is 0 Å². The van der Waals surface area contributed by atoms with Crippen LogP contribution in [0.5, 0.6) is 0 Å². The van der Waals surface area contributed by atoms with Crippen LogP contribution >= 0.6 is 34.8 Å². The Morgan fingerprint density at radius 3 is 2.10 bits per heavy atom. The number of nitrogens with zero attached hydrogens (tertiary/aromatic N) is 3. The van der Waals surface area contributed by atoms with E-state index in [1.165, 1.54) is 36.4 Å². The van der Waals surface area contributed by atoms with Crippen molar-refractivity contribution >= 4 is 52.0 Å². The van der Waals surface area contributed by atoms with Crippen LogP contribution in [0, 0.1) is 0 Å². The predicted octanol–water partition coefficient (Wildman–Crippen LogP) is 6.63. The largest absolute Gasteiger partial charge is 0.433 e. The molecule has 0 saturated heterocycles.